The Kier molecular flexibility index (Phi) is 3.54. The van der Waals surface area contributed by atoms with Gasteiger partial charge in [-0.1, -0.05) is 45.8 Å². The summed E-state index contributed by atoms with van der Waals surface area (Å²) in [5.74, 6) is 2.15. The van der Waals surface area contributed by atoms with Gasteiger partial charge in [-0.25, -0.2) is 0 Å². The molecule has 2 atom stereocenters. The van der Waals surface area contributed by atoms with Crippen molar-refractivity contribution in [3.8, 4) is 0 Å². The number of nitrogens with zero attached hydrogens (tertiary/aromatic N) is 1. The van der Waals surface area contributed by atoms with E-state index in [0.29, 0.717) is 0 Å². The van der Waals surface area contributed by atoms with E-state index < -0.39 is 0 Å². The first kappa shape index (κ1) is 10.5. The smallest absolute Gasteiger partial charge is 0.223 e. The number of hydrogen-bond acceptors (Lipinski definition) is 1. The molecule has 0 N–H and O–H groups in total. The second kappa shape index (κ2) is 4.70. The van der Waals surface area contributed by atoms with Gasteiger partial charge in [0, 0.05) is 0 Å². The van der Waals surface area contributed by atoms with E-state index in [1.54, 1.807) is 6.42 Å². The lowest BCUT2D eigenvalue weighted by atomic mass is 9.43. The topological polar surface area (TPSA) is 3.24 Å². The van der Waals surface area contributed by atoms with Gasteiger partial charge in [0.05, 0.1) is 0 Å². The van der Waals surface area contributed by atoms with E-state index in [1.807, 2.05) is 0 Å². The Morgan fingerprint density at radius 3 is 2.14 bits per heavy atom. The first-order valence-electron chi connectivity index (χ1n) is 6.57. The number of fused-ring (bicyclic) bond motifs is 2. The molecule has 0 aromatic heterocycles. The molecule has 1 aliphatic heterocycles. The molecule has 2 rings (SSSR count). The van der Waals surface area contributed by atoms with Crippen LogP contribution in [0.15, 0.2) is 0 Å². The molecule has 1 heterocycles. The zero-order valence-electron chi connectivity index (χ0n) is 9.84. The molecule has 1 saturated carbocycles. The minimum Gasteiger partial charge on any atom is -0.342 e. The maximum Gasteiger partial charge on any atom is 0.223 e. The van der Waals surface area contributed by atoms with Crippen LogP contribution in [-0.4, -0.2) is 24.7 Å². The van der Waals surface area contributed by atoms with Crippen LogP contribution in [0.1, 0.15) is 39.5 Å². The van der Waals surface area contributed by atoms with Crippen LogP contribution in [0.25, 0.3) is 0 Å². The Balaban J connectivity index is 1.94. The van der Waals surface area contributed by atoms with Crippen molar-refractivity contribution in [3.05, 3.63) is 0 Å². The Morgan fingerprint density at radius 1 is 1.07 bits per heavy atom. The molecular weight excluding hydrogens is 169 g/mol. The predicted octanol–water partition coefficient (Wildman–Crippen LogP) is 3.14. The SMILES string of the molecule is CCN(CC)B1CC2CCCC(C1)C2. The molecule has 1 saturated heterocycles. The van der Waals surface area contributed by atoms with Gasteiger partial charge >= 0.3 is 0 Å². The molecule has 2 heteroatoms. The van der Waals surface area contributed by atoms with E-state index in [-0.39, 0.29) is 0 Å². The summed E-state index contributed by atoms with van der Waals surface area (Å²) in [7, 11) is 0. The molecule has 0 spiro atoms. The van der Waals surface area contributed by atoms with Crippen LogP contribution in [-0.2, 0) is 0 Å². The average molecular weight is 193 g/mol. The van der Waals surface area contributed by atoms with Gasteiger partial charge in [0.1, 0.15) is 0 Å². The number of hydrogen-bond donors (Lipinski definition) is 0. The summed E-state index contributed by atoms with van der Waals surface area (Å²) in [5, 5.41) is 0. The summed E-state index contributed by atoms with van der Waals surface area (Å²) in [4.78, 5) is 2.68. The molecule has 0 aromatic rings. The minimum atomic E-state index is 0.925. The third kappa shape index (κ3) is 2.16. The highest BCUT2D eigenvalue weighted by molar-refractivity contribution is 6.56. The standard InChI is InChI=1S/C12H24BN/c1-3-14(4-2)13-9-11-6-5-7-12(8-11)10-13/h11-12H,3-10H2,1-2H3. The Hall–Kier alpha value is 0.0249. The van der Waals surface area contributed by atoms with Crippen LogP contribution >= 0.6 is 0 Å². The van der Waals surface area contributed by atoms with Crippen LogP contribution in [0.3, 0.4) is 0 Å². The van der Waals surface area contributed by atoms with E-state index in [2.05, 4.69) is 18.7 Å². The lowest BCUT2D eigenvalue weighted by Crippen LogP contribution is -2.45. The van der Waals surface area contributed by atoms with Crippen molar-refractivity contribution in [2.24, 2.45) is 11.8 Å². The molecule has 0 radical (unpaired) electrons. The Morgan fingerprint density at radius 2 is 1.64 bits per heavy atom. The third-order valence-corrected chi connectivity index (χ3v) is 4.43. The van der Waals surface area contributed by atoms with E-state index in [9.17, 15) is 0 Å². The van der Waals surface area contributed by atoms with Gasteiger partial charge < -0.3 is 4.81 Å². The van der Waals surface area contributed by atoms with Crippen LogP contribution in [0, 0.1) is 11.8 Å². The van der Waals surface area contributed by atoms with Gasteiger partial charge in [0.15, 0.2) is 0 Å². The summed E-state index contributed by atoms with van der Waals surface area (Å²) in [6.45, 7) is 8.05. The quantitative estimate of drug-likeness (QED) is 0.622. The van der Waals surface area contributed by atoms with Gasteiger partial charge in [-0.05, 0) is 31.3 Å². The van der Waals surface area contributed by atoms with Crippen molar-refractivity contribution < 1.29 is 0 Å². The van der Waals surface area contributed by atoms with Gasteiger partial charge in [0.25, 0.3) is 0 Å². The maximum atomic E-state index is 2.68. The summed E-state index contributed by atoms with van der Waals surface area (Å²) < 4.78 is 0. The lowest BCUT2D eigenvalue weighted by Gasteiger charge is -2.41. The lowest BCUT2D eigenvalue weighted by molar-refractivity contribution is 0.268. The highest BCUT2D eigenvalue weighted by atomic mass is 15.0. The summed E-state index contributed by atoms with van der Waals surface area (Å²) in [6.07, 6.45) is 9.11. The summed E-state index contributed by atoms with van der Waals surface area (Å²) >= 11 is 0. The first-order valence-corrected chi connectivity index (χ1v) is 6.57. The van der Waals surface area contributed by atoms with Crippen molar-refractivity contribution in [2.45, 2.75) is 52.2 Å². The fourth-order valence-electron chi connectivity index (χ4n) is 3.73. The monoisotopic (exact) mass is 193 g/mol. The highest BCUT2D eigenvalue weighted by Crippen LogP contribution is 2.41. The van der Waals surface area contributed by atoms with Gasteiger partial charge in [-0.2, -0.15) is 0 Å². The molecule has 0 amide bonds. The number of rotatable bonds is 3. The van der Waals surface area contributed by atoms with Crippen molar-refractivity contribution in [2.75, 3.05) is 13.1 Å². The third-order valence-electron chi connectivity index (χ3n) is 4.43. The summed E-state index contributed by atoms with van der Waals surface area (Å²) in [6, 6.07) is 0. The van der Waals surface area contributed by atoms with Crippen LogP contribution in [0.5, 0.6) is 0 Å². The largest absolute Gasteiger partial charge is 0.342 e. The van der Waals surface area contributed by atoms with Gasteiger partial charge in [-0.3, -0.25) is 0 Å². The van der Waals surface area contributed by atoms with Crippen LogP contribution < -0.4 is 0 Å². The van der Waals surface area contributed by atoms with Crippen molar-refractivity contribution in [1.82, 2.24) is 4.81 Å². The van der Waals surface area contributed by atoms with Gasteiger partial charge in [0.2, 0.25) is 6.85 Å². The molecule has 0 aromatic carbocycles. The summed E-state index contributed by atoms with van der Waals surface area (Å²) in [5.41, 5.74) is 0. The fraction of sp³-hybridized carbons (Fsp3) is 1.00. The normalized spacial score (nSPS) is 32.4. The Bertz CT molecular complexity index is 167. The van der Waals surface area contributed by atoms with E-state index in [0.717, 1.165) is 18.7 Å². The second-order valence-electron chi connectivity index (χ2n) is 5.25. The highest BCUT2D eigenvalue weighted by Gasteiger charge is 2.35. The van der Waals surface area contributed by atoms with E-state index in [1.165, 1.54) is 45.0 Å². The zero-order valence-corrected chi connectivity index (χ0v) is 9.84. The molecule has 2 bridgehead atoms. The van der Waals surface area contributed by atoms with E-state index >= 15 is 0 Å². The zero-order chi connectivity index (χ0) is 9.97. The van der Waals surface area contributed by atoms with Crippen molar-refractivity contribution >= 4 is 6.85 Å². The average Bonchev–Trinajstić information content (AvgIpc) is 2.19. The predicted molar refractivity (Wildman–Crippen MR) is 63.7 cm³/mol. The van der Waals surface area contributed by atoms with Crippen LogP contribution in [0.2, 0.25) is 12.6 Å². The van der Waals surface area contributed by atoms with Gasteiger partial charge in [-0.15, -0.1) is 0 Å². The molecule has 14 heavy (non-hydrogen) atoms. The molecule has 1 nitrogen and oxygen atoms in total. The maximum absolute atomic E-state index is 2.68. The minimum absolute atomic E-state index is 0.925. The molecule has 80 valence electrons. The van der Waals surface area contributed by atoms with Crippen LogP contribution in [0.4, 0.5) is 0 Å². The fourth-order valence-corrected chi connectivity index (χ4v) is 3.73. The molecular formula is C12H24BN. The Labute approximate surface area is 89.3 Å². The van der Waals surface area contributed by atoms with Crippen molar-refractivity contribution in [3.63, 3.8) is 0 Å². The van der Waals surface area contributed by atoms with Crippen molar-refractivity contribution in [1.29, 1.82) is 0 Å². The molecule has 2 unspecified atom stereocenters. The first-order chi connectivity index (χ1) is 6.83. The molecule has 2 fully saturated rings. The molecule has 2 aliphatic rings. The molecule has 1 aliphatic carbocycles. The second-order valence-corrected chi connectivity index (χ2v) is 5.25. The van der Waals surface area contributed by atoms with E-state index in [4.69, 9.17) is 0 Å².